The molecular weight excluding hydrogens is 303 g/mol. The fraction of sp³-hybridized carbons (Fsp3) is 0.385. The SMILES string of the molecule is CCC(CC(N)=S)NC(=O)Nc1ccc(C(F)(F)F)cc1. The predicted molar refractivity (Wildman–Crippen MR) is 79.1 cm³/mol. The molecule has 116 valence electrons. The minimum Gasteiger partial charge on any atom is -0.393 e. The molecule has 21 heavy (non-hydrogen) atoms. The van der Waals surface area contributed by atoms with Gasteiger partial charge in [0.25, 0.3) is 0 Å². The number of benzene rings is 1. The summed E-state index contributed by atoms with van der Waals surface area (Å²) < 4.78 is 37.2. The lowest BCUT2D eigenvalue weighted by Crippen LogP contribution is -2.39. The van der Waals surface area contributed by atoms with Crippen molar-refractivity contribution in [2.24, 2.45) is 5.73 Å². The van der Waals surface area contributed by atoms with Crippen LogP contribution in [-0.4, -0.2) is 17.1 Å². The number of amides is 2. The maximum Gasteiger partial charge on any atom is 0.416 e. The van der Waals surface area contributed by atoms with Crippen molar-refractivity contribution < 1.29 is 18.0 Å². The highest BCUT2D eigenvalue weighted by Crippen LogP contribution is 2.29. The number of urea groups is 1. The smallest absolute Gasteiger partial charge is 0.393 e. The summed E-state index contributed by atoms with van der Waals surface area (Å²) in [4.78, 5) is 12.0. The second-order valence-corrected chi connectivity index (χ2v) is 4.97. The van der Waals surface area contributed by atoms with E-state index in [0.717, 1.165) is 12.1 Å². The Balaban J connectivity index is 2.60. The molecule has 0 fully saturated rings. The van der Waals surface area contributed by atoms with Crippen LogP contribution in [0.4, 0.5) is 23.7 Å². The quantitative estimate of drug-likeness (QED) is 0.730. The van der Waals surface area contributed by atoms with Gasteiger partial charge >= 0.3 is 12.2 Å². The number of carbonyl (C=O) groups is 1. The zero-order valence-corrected chi connectivity index (χ0v) is 12.1. The van der Waals surface area contributed by atoms with Crippen molar-refractivity contribution in [3.63, 3.8) is 0 Å². The molecule has 1 aromatic carbocycles. The van der Waals surface area contributed by atoms with Gasteiger partial charge in [0.15, 0.2) is 0 Å². The third-order valence-electron chi connectivity index (χ3n) is 2.75. The fourth-order valence-electron chi connectivity index (χ4n) is 1.64. The van der Waals surface area contributed by atoms with E-state index in [-0.39, 0.29) is 16.7 Å². The maximum absolute atomic E-state index is 12.4. The first-order valence-corrected chi connectivity index (χ1v) is 6.66. The summed E-state index contributed by atoms with van der Waals surface area (Å²) in [5.74, 6) is 0. The van der Waals surface area contributed by atoms with Crippen LogP contribution in [0.1, 0.15) is 25.3 Å². The molecule has 0 radical (unpaired) electrons. The number of thiocarbonyl (C=S) groups is 1. The van der Waals surface area contributed by atoms with Gasteiger partial charge in [-0.3, -0.25) is 0 Å². The molecule has 0 aromatic heterocycles. The van der Waals surface area contributed by atoms with Gasteiger partial charge in [-0.1, -0.05) is 19.1 Å². The monoisotopic (exact) mass is 319 g/mol. The Kier molecular flexibility index (Phi) is 5.95. The minimum absolute atomic E-state index is 0.211. The van der Waals surface area contributed by atoms with Crippen LogP contribution in [0, 0.1) is 0 Å². The number of hydrogen-bond acceptors (Lipinski definition) is 2. The van der Waals surface area contributed by atoms with E-state index in [2.05, 4.69) is 10.6 Å². The van der Waals surface area contributed by atoms with Gasteiger partial charge in [-0.05, 0) is 30.7 Å². The maximum atomic E-state index is 12.4. The number of alkyl halides is 3. The molecule has 0 saturated heterocycles. The average molecular weight is 319 g/mol. The van der Waals surface area contributed by atoms with Gasteiger partial charge < -0.3 is 16.4 Å². The number of hydrogen-bond donors (Lipinski definition) is 3. The lowest BCUT2D eigenvalue weighted by atomic mass is 10.1. The summed E-state index contributed by atoms with van der Waals surface area (Å²) in [5.41, 5.74) is 4.91. The third kappa shape index (κ3) is 5.99. The molecule has 4 nitrogen and oxygen atoms in total. The van der Waals surface area contributed by atoms with Crippen molar-refractivity contribution in [1.82, 2.24) is 5.32 Å². The first-order valence-electron chi connectivity index (χ1n) is 6.25. The second-order valence-electron chi connectivity index (χ2n) is 4.45. The molecule has 1 rings (SSSR count). The summed E-state index contributed by atoms with van der Waals surface area (Å²) in [6.45, 7) is 1.86. The molecule has 0 bridgehead atoms. The molecule has 0 aliphatic carbocycles. The van der Waals surface area contributed by atoms with Crippen molar-refractivity contribution in [2.45, 2.75) is 32.0 Å². The number of rotatable bonds is 5. The lowest BCUT2D eigenvalue weighted by Gasteiger charge is -2.17. The van der Waals surface area contributed by atoms with E-state index in [4.69, 9.17) is 18.0 Å². The average Bonchev–Trinajstić information content (AvgIpc) is 2.36. The Morgan fingerprint density at radius 3 is 2.33 bits per heavy atom. The molecule has 0 aliphatic heterocycles. The molecule has 8 heteroatoms. The molecule has 0 spiro atoms. The summed E-state index contributed by atoms with van der Waals surface area (Å²) >= 11 is 4.77. The minimum atomic E-state index is -4.40. The fourth-order valence-corrected chi connectivity index (χ4v) is 1.84. The standard InChI is InChI=1S/C13H16F3N3OS/c1-2-9(7-11(17)21)18-12(20)19-10-5-3-8(4-6-10)13(14,15)16/h3-6,9H,2,7H2,1H3,(H2,17,21)(H2,18,19,20). The van der Waals surface area contributed by atoms with Crippen LogP contribution in [0.5, 0.6) is 0 Å². The number of nitrogens with one attached hydrogen (secondary N) is 2. The molecule has 0 aliphatic rings. The number of halogens is 3. The molecular formula is C13H16F3N3OS. The van der Waals surface area contributed by atoms with Gasteiger partial charge in [-0.15, -0.1) is 0 Å². The van der Waals surface area contributed by atoms with Crippen molar-refractivity contribution in [3.8, 4) is 0 Å². The van der Waals surface area contributed by atoms with Crippen LogP contribution in [0.3, 0.4) is 0 Å². The zero-order valence-electron chi connectivity index (χ0n) is 11.3. The highest BCUT2D eigenvalue weighted by molar-refractivity contribution is 7.80. The van der Waals surface area contributed by atoms with Gasteiger partial charge in [-0.2, -0.15) is 13.2 Å². The summed E-state index contributed by atoms with van der Waals surface area (Å²) in [6, 6.07) is 3.47. The van der Waals surface area contributed by atoms with E-state index in [1.165, 1.54) is 12.1 Å². The van der Waals surface area contributed by atoms with Gasteiger partial charge in [0.1, 0.15) is 0 Å². The van der Waals surface area contributed by atoms with Gasteiger partial charge in [0, 0.05) is 18.2 Å². The largest absolute Gasteiger partial charge is 0.416 e. The highest BCUT2D eigenvalue weighted by atomic mass is 32.1. The first-order chi connectivity index (χ1) is 9.72. The van der Waals surface area contributed by atoms with E-state index in [1.807, 2.05) is 6.92 Å². The lowest BCUT2D eigenvalue weighted by molar-refractivity contribution is -0.137. The summed E-state index contributed by atoms with van der Waals surface area (Å²) in [7, 11) is 0. The highest BCUT2D eigenvalue weighted by Gasteiger charge is 2.29. The Bertz CT molecular complexity index is 502. The predicted octanol–water partition coefficient (Wildman–Crippen LogP) is 3.28. The van der Waals surface area contributed by atoms with E-state index in [1.54, 1.807) is 0 Å². The summed E-state index contributed by atoms with van der Waals surface area (Å²) in [6.07, 6.45) is -3.39. The van der Waals surface area contributed by atoms with E-state index >= 15 is 0 Å². The van der Waals surface area contributed by atoms with Crippen molar-refractivity contribution in [1.29, 1.82) is 0 Å². The van der Waals surface area contributed by atoms with Crippen molar-refractivity contribution in [2.75, 3.05) is 5.32 Å². The van der Waals surface area contributed by atoms with E-state index in [9.17, 15) is 18.0 Å². The molecule has 2 amide bonds. The zero-order chi connectivity index (χ0) is 16.0. The summed E-state index contributed by atoms with van der Waals surface area (Å²) in [5, 5.41) is 5.11. The Labute approximate surface area is 125 Å². The Morgan fingerprint density at radius 2 is 1.90 bits per heavy atom. The number of carbonyl (C=O) groups excluding carboxylic acids is 1. The number of anilines is 1. The molecule has 4 N–H and O–H groups in total. The van der Waals surface area contributed by atoms with Crippen molar-refractivity contribution in [3.05, 3.63) is 29.8 Å². The Hall–Kier alpha value is -1.83. The van der Waals surface area contributed by atoms with Crippen LogP contribution in [-0.2, 0) is 6.18 Å². The number of nitrogens with two attached hydrogens (primary N) is 1. The van der Waals surface area contributed by atoms with Crippen LogP contribution in [0.25, 0.3) is 0 Å². The molecule has 0 heterocycles. The van der Waals surface area contributed by atoms with E-state index in [0.29, 0.717) is 12.8 Å². The van der Waals surface area contributed by atoms with Gasteiger partial charge in [0.2, 0.25) is 0 Å². The van der Waals surface area contributed by atoms with Crippen LogP contribution >= 0.6 is 12.2 Å². The normalized spacial score (nSPS) is 12.6. The third-order valence-corrected chi connectivity index (χ3v) is 2.91. The molecule has 0 saturated carbocycles. The van der Waals surface area contributed by atoms with Crippen LogP contribution < -0.4 is 16.4 Å². The van der Waals surface area contributed by atoms with E-state index < -0.39 is 17.8 Å². The van der Waals surface area contributed by atoms with Gasteiger partial charge in [-0.25, -0.2) is 4.79 Å². The molecule has 1 atom stereocenters. The molecule has 1 aromatic rings. The van der Waals surface area contributed by atoms with Crippen LogP contribution in [0.2, 0.25) is 0 Å². The molecule has 1 unspecified atom stereocenters. The van der Waals surface area contributed by atoms with Crippen molar-refractivity contribution >= 4 is 28.9 Å². The van der Waals surface area contributed by atoms with Crippen LogP contribution in [0.15, 0.2) is 24.3 Å². The van der Waals surface area contributed by atoms with Gasteiger partial charge in [0.05, 0.1) is 10.6 Å². The first kappa shape index (κ1) is 17.2. The topological polar surface area (TPSA) is 67.1 Å². The second kappa shape index (κ2) is 7.26. The Morgan fingerprint density at radius 1 is 1.33 bits per heavy atom.